The van der Waals surface area contributed by atoms with Crippen LogP contribution in [0.4, 0.5) is 0 Å². The molecule has 5 heteroatoms. The Bertz CT molecular complexity index is 1150. The molecule has 0 aliphatic heterocycles. The predicted molar refractivity (Wildman–Crippen MR) is 120 cm³/mol. The number of hydrogen-bond donors (Lipinski definition) is 1. The van der Waals surface area contributed by atoms with E-state index >= 15 is 0 Å². The fourth-order valence-corrected chi connectivity index (χ4v) is 4.65. The van der Waals surface area contributed by atoms with Crippen molar-refractivity contribution in [1.82, 2.24) is 9.55 Å². The van der Waals surface area contributed by atoms with Crippen molar-refractivity contribution < 1.29 is 14.7 Å². The van der Waals surface area contributed by atoms with E-state index in [1.165, 1.54) is 0 Å². The van der Waals surface area contributed by atoms with Gasteiger partial charge in [-0.15, -0.1) is 0 Å². The fourth-order valence-electron chi connectivity index (χ4n) is 4.65. The summed E-state index contributed by atoms with van der Waals surface area (Å²) in [6.07, 6.45) is 3.61. The normalized spacial score (nSPS) is 17.6. The molecule has 0 amide bonds. The quantitative estimate of drug-likeness (QED) is 0.348. The van der Waals surface area contributed by atoms with Crippen LogP contribution in [0.15, 0.2) is 104 Å². The molecule has 1 aliphatic carbocycles. The van der Waals surface area contributed by atoms with Gasteiger partial charge in [-0.25, -0.2) is 4.98 Å². The first-order valence-corrected chi connectivity index (χ1v) is 10.6. The number of carboxylic acid groups (broad SMARTS) is 1. The molecule has 1 unspecified atom stereocenters. The topological polar surface area (TPSA) is 72.2 Å². The molecule has 4 aromatic rings. The fraction of sp³-hybridized carbons (Fsp3) is 0.148. The van der Waals surface area contributed by atoms with Crippen molar-refractivity contribution in [3.63, 3.8) is 0 Å². The molecule has 0 bridgehead atoms. The highest BCUT2D eigenvalue weighted by molar-refractivity contribution is 6.01. The molecule has 1 fully saturated rings. The first-order valence-electron chi connectivity index (χ1n) is 10.6. The first kappa shape index (κ1) is 19.9. The molecule has 1 aliphatic rings. The average Bonchev–Trinajstić information content (AvgIpc) is 3.51. The average molecular weight is 422 g/mol. The van der Waals surface area contributed by atoms with Gasteiger partial charge in [-0.05, 0) is 23.1 Å². The van der Waals surface area contributed by atoms with Gasteiger partial charge in [0.1, 0.15) is 11.2 Å². The van der Waals surface area contributed by atoms with Crippen LogP contribution in [-0.2, 0) is 10.3 Å². The van der Waals surface area contributed by atoms with Gasteiger partial charge in [0, 0.05) is 5.92 Å². The Morgan fingerprint density at radius 3 is 1.66 bits per heavy atom. The van der Waals surface area contributed by atoms with Gasteiger partial charge in [-0.3, -0.25) is 9.59 Å². The Labute approximate surface area is 186 Å². The van der Waals surface area contributed by atoms with Crippen molar-refractivity contribution in [3.05, 3.63) is 126 Å². The van der Waals surface area contributed by atoms with Crippen LogP contribution in [-0.4, -0.2) is 26.4 Å². The third-order valence-electron chi connectivity index (χ3n) is 6.27. The molecule has 0 saturated heterocycles. The van der Waals surface area contributed by atoms with Gasteiger partial charge in [0.25, 0.3) is 0 Å². The van der Waals surface area contributed by atoms with Gasteiger partial charge >= 0.3 is 5.97 Å². The Morgan fingerprint density at radius 2 is 1.25 bits per heavy atom. The second-order valence-corrected chi connectivity index (χ2v) is 8.11. The van der Waals surface area contributed by atoms with Crippen molar-refractivity contribution in [1.29, 1.82) is 0 Å². The van der Waals surface area contributed by atoms with Crippen molar-refractivity contribution in [2.24, 2.45) is 11.8 Å². The molecule has 1 aromatic heterocycles. The third kappa shape index (κ3) is 3.14. The van der Waals surface area contributed by atoms with E-state index in [0.29, 0.717) is 12.1 Å². The number of nitrogens with zero attached hydrogens (tertiary/aromatic N) is 2. The van der Waals surface area contributed by atoms with E-state index < -0.39 is 23.3 Å². The summed E-state index contributed by atoms with van der Waals surface area (Å²) in [6.45, 7) is 0. The second kappa shape index (κ2) is 7.93. The molecule has 1 heterocycles. The zero-order valence-electron chi connectivity index (χ0n) is 17.3. The third-order valence-corrected chi connectivity index (χ3v) is 6.27. The lowest BCUT2D eigenvalue weighted by atomic mass is 9.76. The largest absolute Gasteiger partial charge is 0.481 e. The van der Waals surface area contributed by atoms with Crippen molar-refractivity contribution in [2.45, 2.75) is 12.0 Å². The minimum absolute atomic E-state index is 0.179. The summed E-state index contributed by atoms with van der Waals surface area (Å²) in [5.74, 6) is -2.23. The number of carbonyl (C=O) groups is 2. The van der Waals surface area contributed by atoms with E-state index in [2.05, 4.69) is 4.98 Å². The second-order valence-electron chi connectivity index (χ2n) is 8.11. The van der Waals surface area contributed by atoms with E-state index in [9.17, 15) is 14.7 Å². The number of rotatable bonds is 7. The molecule has 32 heavy (non-hydrogen) atoms. The number of aromatic nitrogens is 2. The Balaban J connectivity index is 1.79. The van der Waals surface area contributed by atoms with Gasteiger partial charge in [0.05, 0.1) is 18.4 Å². The maximum Gasteiger partial charge on any atom is 0.307 e. The van der Waals surface area contributed by atoms with Crippen LogP contribution >= 0.6 is 0 Å². The summed E-state index contributed by atoms with van der Waals surface area (Å²) < 4.78 is 1.91. The molecule has 0 spiro atoms. The highest BCUT2D eigenvalue weighted by Crippen LogP contribution is 2.45. The van der Waals surface area contributed by atoms with Gasteiger partial charge in [0.2, 0.25) is 0 Å². The summed E-state index contributed by atoms with van der Waals surface area (Å²) in [5, 5.41) is 9.36. The van der Waals surface area contributed by atoms with Crippen molar-refractivity contribution in [3.8, 4) is 0 Å². The maximum atomic E-state index is 13.4. The van der Waals surface area contributed by atoms with Crippen LogP contribution in [0.1, 0.15) is 33.6 Å². The van der Waals surface area contributed by atoms with Crippen LogP contribution < -0.4 is 0 Å². The Morgan fingerprint density at radius 1 is 0.781 bits per heavy atom. The first-order chi connectivity index (χ1) is 15.6. The van der Waals surface area contributed by atoms with Crippen molar-refractivity contribution in [2.75, 3.05) is 0 Å². The lowest BCUT2D eigenvalue weighted by Crippen LogP contribution is -2.39. The van der Waals surface area contributed by atoms with Gasteiger partial charge in [-0.1, -0.05) is 91.0 Å². The minimum Gasteiger partial charge on any atom is -0.481 e. The number of imidazole rings is 1. The van der Waals surface area contributed by atoms with Crippen LogP contribution in [0.5, 0.6) is 0 Å². The summed E-state index contributed by atoms with van der Waals surface area (Å²) in [7, 11) is 0. The summed E-state index contributed by atoms with van der Waals surface area (Å²) in [4.78, 5) is 29.2. The standard InChI is InChI=1S/C27H22N2O3/c30-25(22-16-23(22)26(31)32)24-17-28-18-29(24)27(19-10-4-1-5-11-19,20-12-6-2-7-13-20)21-14-8-3-9-15-21/h1-15,17-18,22-23H,16H2,(H,31,32)/t22-,23?/m1/s1. The lowest BCUT2D eigenvalue weighted by molar-refractivity contribution is -0.138. The molecule has 1 N–H and O–H groups in total. The molecule has 0 radical (unpaired) electrons. The molecular weight excluding hydrogens is 400 g/mol. The van der Waals surface area contributed by atoms with E-state index in [-0.39, 0.29) is 5.78 Å². The van der Waals surface area contributed by atoms with E-state index in [4.69, 9.17) is 0 Å². The Kier molecular flexibility index (Phi) is 4.94. The number of aliphatic carboxylic acids is 1. The number of carboxylic acids is 1. The minimum atomic E-state index is -0.921. The molecule has 3 aromatic carbocycles. The number of benzene rings is 3. The van der Waals surface area contributed by atoms with Gasteiger partial charge in [-0.2, -0.15) is 0 Å². The van der Waals surface area contributed by atoms with Crippen LogP contribution in [0, 0.1) is 11.8 Å². The lowest BCUT2D eigenvalue weighted by Gasteiger charge is -2.38. The highest BCUT2D eigenvalue weighted by atomic mass is 16.4. The van der Waals surface area contributed by atoms with Gasteiger partial charge < -0.3 is 9.67 Å². The van der Waals surface area contributed by atoms with E-state index in [0.717, 1.165) is 16.7 Å². The van der Waals surface area contributed by atoms with E-state index in [1.807, 2.05) is 95.6 Å². The number of ketones is 1. The predicted octanol–water partition coefficient (Wildman–Crippen LogP) is 4.63. The molecule has 158 valence electrons. The summed E-state index contributed by atoms with van der Waals surface area (Å²) in [5.41, 5.74) is 2.51. The smallest absolute Gasteiger partial charge is 0.307 e. The zero-order chi connectivity index (χ0) is 22.1. The monoisotopic (exact) mass is 422 g/mol. The zero-order valence-corrected chi connectivity index (χ0v) is 17.3. The van der Waals surface area contributed by atoms with Crippen molar-refractivity contribution >= 4 is 11.8 Å². The highest BCUT2D eigenvalue weighted by Gasteiger charge is 2.50. The van der Waals surface area contributed by atoms with E-state index in [1.54, 1.807) is 12.5 Å². The number of Topliss-reactive ketones (excluding diaryl/α,β-unsaturated/α-hetero) is 1. The maximum absolute atomic E-state index is 13.4. The molecule has 5 rings (SSSR count). The van der Waals surface area contributed by atoms with Crippen LogP contribution in [0.25, 0.3) is 0 Å². The molecule has 1 saturated carbocycles. The summed E-state index contributed by atoms with van der Waals surface area (Å²) in [6, 6.07) is 30.1. The summed E-state index contributed by atoms with van der Waals surface area (Å²) >= 11 is 0. The SMILES string of the molecule is O=C(O)C1C[C@H]1C(=O)c1cncn1C(c1ccccc1)(c1ccccc1)c1ccccc1. The number of hydrogen-bond acceptors (Lipinski definition) is 3. The molecule has 2 atom stereocenters. The van der Waals surface area contributed by atoms with Crippen LogP contribution in [0.2, 0.25) is 0 Å². The van der Waals surface area contributed by atoms with Gasteiger partial charge in [0.15, 0.2) is 5.78 Å². The Hall–Kier alpha value is -3.99. The number of carbonyl (C=O) groups excluding carboxylic acids is 1. The molecule has 5 nitrogen and oxygen atoms in total. The molecular formula is C27H22N2O3. The van der Waals surface area contributed by atoms with Crippen LogP contribution in [0.3, 0.4) is 0 Å².